The number of fused-ring (bicyclic) bond motifs is 9. The van der Waals surface area contributed by atoms with E-state index in [2.05, 4.69) is 26.7 Å². The predicted molar refractivity (Wildman–Crippen MR) is 181 cm³/mol. The Morgan fingerprint density at radius 1 is 0.783 bits per heavy atom. The number of aliphatic hydroxyl groups is 1. The lowest BCUT2D eigenvalue weighted by Gasteiger charge is -2.54. The molecule has 8 aliphatic rings. The molecule has 0 aliphatic heterocycles. The van der Waals surface area contributed by atoms with Crippen LogP contribution in [-0.4, -0.2) is 28.1 Å². The molecule has 4 heteroatoms. The van der Waals surface area contributed by atoms with E-state index in [1.807, 2.05) is 19.1 Å². The van der Waals surface area contributed by atoms with E-state index in [4.69, 9.17) is 6.42 Å². The van der Waals surface area contributed by atoms with Gasteiger partial charge in [-0.15, -0.1) is 6.42 Å². The zero-order chi connectivity index (χ0) is 32.6. The molecule has 0 amide bonds. The fourth-order valence-corrected chi connectivity index (χ4v) is 13.1. The van der Waals surface area contributed by atoms with Gasteiger partial charge in [0.25, 0.3) is 0 Å². The second kappa shape index (κ2) is 11.4. The molecule has 8 aliphatic carbocycles. The number of ketones is 3. The summed E-state index contributed by atoms with van der Waals surface area (Å²) in [7, 11) is 0. The molecule has 0 heterocycles. The van der Waals surface area contributed by atoms with Crippen molar-refractivity contribution in [2.24, 2.45) is 51.8 Å². The molecule has 4 nitrogen and oxygen atoms in total. The maximum atomic E-state index is 12.8. The van der Waals surface area contributed by atoms with E-state index in [1.165, 1.54) is 36.0 Å². The smallest absolute Gasteiger partial charge is 0.156 e. The lowest BCUT2D eigenvalue weighted by molar-refractivity contribution is -0.136. The van der Waals surface area contributed by atoms with Gasteiger partial charge in [0.2, 0.25) is 0 Å². The minimum atomic E-state index is -0.902. The minimum Gasteiger partial charge on any atom is -0.377 e. The molecule has 5 fully saturated rings. The highest BCUT2D eigenvalue weighted by Crippen LogP contribution is 2.67. The first-order chi connectivity index (χ1) is 21.9. The van der Waals surface area contributed by atoms with Crippen molar-refractivity contribution in [3.8, 4) is 12.3 Å². The molecule has 248 valence electrons. The maximum Gasteiger partial charge on any atom is 0.156 e. The summed E-state index contributed by atoms with van der Waals surface area (Å²) in [5, 5.41) is 10.9. The average Bonchev–Trinajstić information content (AvgIpc) is 3.50. The van der Waals surface area contributed by atoms with E-state index >= 15 is 0 Å². The van der Waals surface area contributed by atoms with Gasteiger partial charge in [0.1, 0.15) is 11.4 Å². The normalized spacial score (nSPS) is 45.7. The average molecular weight is 625 g/mol. The third kappa shape index (κ3) is 4.60. The lowest BCUT2D eigenvalue weighted by Crippen LogP contribution is -2.52. The van der Waals surface area contributed by atoms with Crippen molar-refractivity contribution in [3.05, 3.63) is 34.4 Å². The maximum absolute atomic E-state index is 12.8. The summed E-state index contributed by atoms with van der Waals surface area (Å²) >= 11 is 0. The molecule has 0 aromatic carbocycles. The molecule has 0 spiro atoms. The molecule has 46 heavy (non-hydrogen) atoms. The number of hydrogen-bond acceptors (Lipinski definition) is 4. The Morgan fingerprint density at radius 3 is 2.28 bits per heavy atom. The summed E-state index contributed by atoms with van der Waals surface area (Å²) in [4.78, 5) is 36.2. The van der Waals surface area contributed by atoms with Crippen molar-refractivity contribution < 1.29 is 19.5 Å². The summed E-state index contributed by atoms with van der Waals surface area (Å²) in [6, 6.07) is 0. The van der Waals surface area contributed by atoms with Crippen LogP contribution in [0.25, 0.3) is 0 Å². The quantitative estimate of drug-likeness (QED) is 0.312. The fraction of sp³-hybridized carbons (Fsp3) is 0.738. The Hall–Kier alpha value is -2.25. The van der Waals surface area contributed by atoms with E-state index in [9.17, 15) is 19.5 Å². The van der Waals surface area contributed by atoms with Crippen LogP contribution in [0.3, 0.4) is 0 Å². The lowest BCUT2D eigenvalue weighted by atomic mass is 9.50. The molecule has 10 atom stereocenters. The molecular weight excluding hydrogens is 568 g/mol. The minimum absolute atomic E-state index is 0.103. The fourth-order valence-electron chi connectivity index (χ4n) is 13.1. The highest BCUT2D eigenvalue weighted by molar-refractivity contribution is 5.93. The standard InChI is InChI=1S/C22H30O2.C20H26O2/c1-4-20(24)22(3)12-10-19-18-7-5-14-13-15(23)6-8-16(14)17(18)9-11-21(19,22)2;1-3-20(22)11-9-18-17-6-4-13-12-14(21)5-7-15(13)16(17)8-10-19(18,20)2/h13,18-19H,4-12H2,1-3H3;1,12,15-18,22H,4-11H2,2H3/t18-,19+,21+,22-;15-,16+,17+,18-,19-,20-/m10/s1. The first kappa shape index (κ1) is 32.3. The van der Waals surface area contributed by atoms with Gasteiger partial charge in [0.15, 0.2) is 11.6 Å². The Morgan fingerprint density at radius 2 is 1.52 bits per heavy atom. The highest BCUT2D eigenvalue weighted by Gasteiger charge is 2.63. The van der Waals surface area contributed by atoms with Gasteiger partial charge in [-0.25, -0.2) is 0 Å². The number of hydrogen-bond donors (Lipinski definition) is 1. The van der Waals surface area contributed by atoms with Gasteiger partial charge < -0.3 is 5.11 Å². The number of carbonyl (C=O) groups is 3. The van der Waals surface area contributed by atoms with Crippen LogP contribution in [0.5, 0.6) is 0 Å². The zero-order valence-electron chi connectivity index (χ0n) is 28.9. The molecule has 8 rings (SSSR count). The first-order valence-corrected chi connectivity index (χ1v) is 18.8. The molecule has 0 unspecified atom stereocenters. The molecular formula is C42H56O4. The van der Waals surface area contributed by atoms with Gasteiger partial charge in [-0.3, -0.25) is 14.4 Å². The van der Waals surface area contributed by atoms with Crippen molar-refractivity contribution in [1.29, 1.82) is 0 Å². The van der Waals surface area contributed by atoms with Crippen molar-refractivity contribution in [3.63, 3.8) is 0 Å². The summed E-state index contributed by atoms with van der Waals surface area (Å²) in [5.41, 5.74) is 4.99. The van der Waals surface area contributed by atoms with Gasteiger partial charge >= 0.3 is 0 Å². The largest absolute Gasteiger partial charge is 0.377 e. The zero-order valence-corrected chi connectivity index (χ0v) is 28.9. The SMILES string of the molecule is C#C[C@]1(O)CC[C@H]2[C@@H]3CCC4=CC(=O)CC[C@@H]4[C@H]3CC[C@@]21C.CCC(=O)[C@@]1(C)CC[C@H]2[C@@H]3CCC4=CC(=O)CCC4=C3CC[C@@]21C. The highest BCUT2D eigenvalue weighted by atomic mass is 16.3. The molecule has 1 N–H and O–H groups in total. The molecule has 0 aromatic heterocycles. The van der Waals surface area contributed by atoms with Crippen LogP contribution >= 0.6 is 0 Å². The van der Waals surface area contributed by atoms with Gasteiger partial charge in [0.05, 0.1) is 0 Å². The molecule has 0 aromatic rings. The topological polar surface area (TPSA) is 71.4 Å². The van der Waals surface area contributed by atoms with Crippen molar-refractivity contribution in [1.82, 2.24) is 0 Å². The van der Waals surface area contributed by atoms with E-state index in [0.29, 0.717) is 65.7 Å². The van der Waals surface area contributed by atoms with Crippen LogP contribution < -0.4 is 0 Å². The Kier molecular flexibility index (Phi) is 8.03. The molecule has 0 bridgehead atoms. The Balaban J connectivity index is 0.000000147. The molecule has 0 saturated heterocycles. The van der Waals surface area contributed by atoms with Gasteiger partial charge in [-0.05, 0) is 154 Å². The number of rotatable bonds is 2. The van der Waals surface area contributed by atoms with Crippen molar-refractivity contribution >= 4 is 17.3 Å². The molecule has 5 saturated carbocycles. The van der Waals surface area contributed by atoms with Gasteiger partial charge in [-0.2, -0.15) is 0 Å². The van der Waals surface area contributed by atoms with Crippen LogP contribution in [0.4, 0.5) is 0 Å². The summed E-state index contributed by atoms with van der Waals surface area (Å²) in [6.07, 6.45) is 26.8. The van der Waals surface area contributed by atoms with Crippen LogP contribution in [0.1, 0.15) is 137 Å². The third-order valence-electron chi connectivity index (χ3n) is 16.0. The number of carbonyl (C=O) groups excluding carboxylic acids is 3. The monoisotopic (exact) mass is 624 g/mol. The van der Waals surface area contributed by atoms with Crippen molar-refractivity contribution in [2.75, 3.05) is 0 Å². The van der Waals surface area contributed by atoms with E-state index in [1.54, 1.807) is 5.57 Å². The van der Waals surface area contributed by atoms with Crippen LogP contribution in [0.2, 0.25) is 0 Å². The molecule has 0 radical (unpaired) electrons. The van der Waals surface area contributed by atoms with E-state index in [0.717, 1.165) is 77.0 Å². The second-order valence-corrected chi connectivity index (χ2v) is 17.3. The van der Waals surface area contributed by atoms with Crippen LogP contribution in [-0.2, 0) is 14.4 Å². The summed E-state index contributed by atoms with van der Waals surface area (Å²) in [5.74, 6) is 7.77. The third-order valence-corrected chi connectivity index (χ3v) is 16.0. The Bertz CT molecular complexity index is 1470. The van der Waals surface area contributed by atoms with Crippen LogP contribution in [0, 0.1) is 64.1 Å². The summed E-state index contributed by atoms with van der Waals surface area (Å²) in [6.45, 7) is 8.92. The van der Waals surface area contributed by atoms with Crippen LogP contribution in [0.15, 0.2) is 34.4 Å². The van der Waals surface area contributed by atoms with Crippen molar-refractivity contribution in [2.45, 2.75) is 142 Å². The summed E-state index contributed by atoms with van der Waals surface area (Å²) < 4.78 is 0. The van der Waals surface area contributed by atoms with Gasteiger partial charge in [-0.1, -0.05) is 44.8 Å². The van der Waals surface area contributed by atoms with Gasteiger partial charge in [0, 0.05) is 30.1 Å². The number of Topliss-reactive ketones (excluding diaryl/α,β-unsaturated/α-hetero) is 1. The second-order valence-electron chi connectivity index (χ2n) is 17.3. The Labute approximate surface area is 277 Å². The number of allylic oxidation sites excluding steroid dienone is 5. The van der Waals surface area contributed by atoms with E-state index < -0.39 is 5.60 Å². The van der Waals surface area contributed by atoms with E-state index in [-0.39, 0.29) is 16.2 Å². The number of terminal acetylenes is 1. The predicted octanol–water partition coefficient (Wildman–Crippen LogP) is 8.67. The first-order valence-electron chi connectivity index (χ1n) is 18.8.